The van der Waals surface area contributed by atoms with Crippen LogP contribution in [0.5, 0.6) is 0 Å². The van der Waals surface area contributed by atoms with Crippen LogP contribution in [0.4, 0.5) is 0 Å². The first-order valence-electron chi connectivity index (χ1n) is 10.3. The molecule has 0 aliphatic carbocycles. The summed E-state index contributed by atoms with van der Waals surface area (Å²) in [5.74, 6) is 0.505. The maximum Gasteiger partial charge on any atom is 0.243 e. The summed E-state index contributed by atoms with van der Waals surface area (Å²) in [6.45, 7) is 6.93. The van der Waals surface area contributed by atoms with Gasteiger partial charge in [0, 0.05) is 31.9 Å². The van der Waals surface area contributed by atoms with Gasteiger partial charge < -0.3 is 10.0 Å². The third-order valence-corrected chi connectivity index (χ3v) is 7.22. The average Bonchev–Trinajstić information content (AvgIpc) is 3.23. The first-order chi connectivity index (χ1) is 14.4. The summed E-state index contributed by atoms with van der Waals surface area (Å²) in [5.41, 5.74) is 2.81. The number of hydrazone groups is 1. The molecule has 2 aromatic carbocycles. The van der Waals surface area contributed by atoms with Crippen LogP contribution in [0.25, 0.3) is 10.8 Å². The topological polar surface area (TPSA) is 85.2 Å². The largest absolute Gasteiger partial charge is 0.385 e. The maximum atomic E-state index is 13.3. The van der Waals surface area contributed by atoms with Crippen LogP contribution < -0.4 is 5.43 Å². The average molecular weight is 431 g/mol. The zero-order chi connectivity index (χ0) is 21.7. The molecule has 7 nitrogen and oxygen atoms in total. The van der Waals surface area contributed by atoms with Gasteiger partial charge in [0.25, 0.3) is 0 Å². The number of benzene rings is 2. The van der Waals surface area contributed by atoms with Gasteiger partial charge in [0.2, 0.25) is 10.0 Å². The fraction of sp³-hybridized carbons (Fsp3) is 0.409. The van der Waals surface area contributed by atoms with Crippen LogP contribution in [0.1, 0.15) is 27.2 Å². The predicted molar refractivity (Wildman–Crippen MR) is 121 cm³/mol. The van der Waals surface area contributed by atoms with E-state index in [9.17, 15) is 13.5 Å². The second-order valence-electron chi connectivity index (χ2n) is 7.38. The minimum absolute atomic E-state index is 0.0500. The third kappa shape index (κ3) is 4.66. The molecule has 2 N–H and O–H groups in total. The van der Waals surface area contributed by atoms with E-state index in [4.69, 9.17) is 0 Å². The molecule has 1 unspecified atom stereocenters. The molecule has 0 bridgehead atoms. The molecular weight excluding hydrogens is 400 g/mol. The maximum absolute atomic E-state index is 13.3. The van der Waals surface area contributed by atoms with Crippen LogP contribution in [0, 0.1) is 0 Å². The van der Waals surface area contributed by atoms with Crippen molar-refractivity contribution in [3.63, 3.8) is 0 Å². The van der Waals surface area contributed by atoms with E-state index in [1.165, 1.54) is 4.31 Å². The van der Waals surface area contributed by atoms with Gasteiger partial charge in [0.1, 0.15) is 6.10 Å². The van der Waals surface area contributed by atoms with Gasteiger partial charge in [-0.3, -0.25) is 5.43 Å². The lowest BCUT2D eigenvalue weighted by atomic mass is 10.1. The Morgan fingerprint density at radius 2 is 2.07 bits per heavy atom. The van der Waals surface area contributed by atoms with Crippen molar-refractivity contribution in [3.05, 3.63) is 54.7 Å². The van der Waals surface area contributed by atoms with Gasteiger partial charge in [-0.25, -0.2) is 8.42 Å². The Hall–Kier alpha value is -2.42. The Kier molecular flexibility index (Phi) is 7.12. The fourth-order valence-corrected chi connectivity index (χ4v) is 5.37. The highest BCUT2D eigenvalue weighted by atomic mass is 32.2. The van der Waals surface area contributed by atoms with Crippen LogP contribution >= 0.6 is 0 Å². The summed E-state index contributed by atoms with van der Waals surface area (Å²) in [6.07, 6.45) is 3.40. The van der Waals surface area contributed by atoms with Crippen LogP contribution in [-0.2, 0) is 10.0 Å². The molecule has 0 aromatic heterocycles. The second kappa shape index (κ2) is 9.59. The number of hydrogen-bond donors (Lipinski definition) is 2. The lowest BCUT2D eigenvalue weighted by molar-refractivity contribution is 0.221. The van der Waals surface area contributed by atoms with Gasteiger partial charge >= 0.3 is 0 Å². The van der Waals surface area contributed by atoms with Crippen molar-refractivity contribution in [3.8, 4) is 0 Å². The molecular formula is C22H30N4O3S. The number of aliphatic hydroxyl groups excluding tert-OH is 1. The summed E-state index contributed by atoms with van der Waals surface area (Å²) < 4.78 is 28.0. The molecule has 2 atom stereocenters. The smallest absolute Gasteiger partial charge is 0.243 e. The summed E-state index contributed by atoms with van der Waals surface area (Å²) in [7, 11) is -3.59. The summed E-state index contributed by atoms with van der Waals surface area (Å²) in [5, 5.41) is 16.4. The Morgan fingerprint density at radius 1 is 1.33 bits per heavy atom. The van der Waals surface area contributed by atoms with E-state index in [1.807, 2.05) is 55.2 Å². The van der Waals surface area contributed by atoms with E-state index in [2.05, 4.69) is 10.5 Å². The van der Waals surface area contributed by atoms with E-state index in [0.717, 1.165) is 10.8 Å². The molecule has 0 amide bonds. The van der Waals surface area contributed by atoms with Crippen LogP contribution in [0.15, 0.2) is 64.7 Å². The van der Waals surface area contributed by atoms with Crippen LogP contribution in [-0.4, -0.2) is 60.3 Å². The molecule has 0 spiro atoms. The van der Waals surface area contributed by atoms with Gasteiger partial charge in [-0.05, 0) is 50.1 Å². The zero-order valence-corrected chi connectivity index (χ0v) is 18.5. The van der Waals surface area contributed by atoms with E-state index in [0.29, 0.717) is 36.8 Å². The highest BCUT2D eigenvalue weighted by molar-refractivity contribution is 7.89. The summed E-state index contributed by atoms with van der Waals surface area (Å²) >= 11 is 0. The number of nitrogens with zero attached hydrogens (tertiary/aromatic N) is 3. The van der Waals surface area contributed by atoms with Crippen molar-refractivity contribution in [2.24, 2.45) is 5.10 Å². The van der Waals surface area contributed by atoms with Crippen LogP contribution in [0.2, 0.25) is 0 Å². The first-order valence-corrected chi connectivity index (χ1v) is 11.7. The van der Waals surface area contributed by atoms with Crippen molar-refractivity contribution in [1.82, 2.24) is 14.6 Å². The van der Waals surface area contributed by atoms with E-state index in [1.54, 1.807) is 25.3 Å². The van der Waals surface area contributed by atoms with Crippen LogP contribution in [0.3, 0.4) is 0 Å². The number of hydrogen-bond acceptors (Lipinski definition) is 5. The first kappa shape index (κ1) is 22.3. The third-order valence-electron chi connectivity index (χ3n) is 5.35. The minimum atomic E-state index is -3.59. The number of nitrogens with one attached hydrogen (secondary N) is 1. The Labute approximate surface area is 178 Å². The van der Waals surface area contributed by atoms with Gasteiger partial charge in [0.05, 0.1) is 4.90 Å². The highest BCUT2D eigenvalue weighted by Crippen LogP contribution is 2.26. The SMILES string of the molecule is C/C=C\NN=C([C@@H](C)O)N(CC)C1CCN(S(=O)(=O)c2ccc3ccccc3c2)C1. The lowest BCUT2D eigenvalue weighted by Crippen LogP contribution is -2.47. The molecule has 3 rings (SSSR count). The molecule has 8 heteroatoms. The molecule has 0 saturated carbocycles. The molecule has 1 heterocycles. The quantitative estimate of drug-likeness (QED) is 0.401. The molecule has 30 heavy (non-hydrogen) atoms. The molecule has 0 radical (unpaired) electrons. The Bertz CT molecular complexity index is 1030. The number of aliphatic hydroxyl groups is 1. The standard InChI is InChI=1S/C22H30N4O3S/c1-4-13-23-24-22(17(3)27)26(5-2)20-12-14-25(16-20)30(28,29)21-11-10-18-8-6-7-9-19(18)15-21/h4,6-11,13,15,17,20,23,27H,5,12,14,16H2,1-3H3/b13-4-,24-22?/t17-,20?/m1/s1. The minimum Gasteiger partial charge on any atom is -0.385 e. The van der Waals surface area contributed by atoms with Gasteiger partial charge in [-0.15, -0.1) is 0 Å². The van der Waals surface area contributed by atoms with Gasteiger partial charge in [-0.1, -0.05) is 36.4 Å². The molecule has 1 aliphatic heterocycles. The summed E-state index contributed by atoms with van der Waals surface area (Å²) in [6, 6.07) is 12.9. The summed E-state index contributed by atoms with van der Waals surface area (Å²) in [4.78, 5) is 2.29. The fourth-order valence-electron chi connectivity index (χ4n) is 3.84. The Balaban J connectivity index is 1.81. The predicted octanol–water partition coefficient (Wildman–Crippen LogP) is 2.74. The van der Waals surface area contributed by atoms with E-state index < -0.39 is 16.1 Å². The Morgan fingerprint density at radius 3 is 2.73 bits per heavy atom. The van der Waals surface area contributed by atoms with Crippen molar-refractivity contribution >= 4 is 26.6 Å². The normalized spacial score (nSPS) is 19.5. The van der Waals surface area contributed by atoms with E-state index >= 15 is 0 Å². The zero-order valence-electron chi connectivity index (χ0n) is 17.7. The molecule has 1 saturated heterocycles. The van der Waals surface area contributed by atoms with Gasteiger partial charge in [-0.2, -0.15) is 9.41 Å². The van der Waals surface area contributed by atoms with Crippen molar-refractivity contribution in [2.75, 3.05) is 19.6 Å². The second-order valence-corrected chi connectivity index (χ2v) is 9.31. The highest BCUT2D eigenvalue weighted by Gasteiger charge is 2.36. The van der Waals surface area contributed by atoms with Crippen molar-refractivity contribution in [1.29, 1.82) is 0 Å². The number of allylic oxidation sites excluding steroid dienone is 1. The van der Waals surface area contributed by atoms with E-state index in [-0.39, 0.29) is 6.04 Å². The molecule has 162 valence electrons. The van der Waals surface area contributed by atoms with Crippen molar-refractivity contribution < 1.29 is 13.5 Å². The van der Waals surface area contributed by atoms with Crippen molar-refractivity contribution in [2.45, 2.75) is 44.2 Å². The number of sulfonamides is 1. The monoisotopic (exact) mass is 430 g/mol. The molecule has 1 aliphatic rings. The number of rotatable bonds is 7. The van der Waals surface area contributed by atoms with Gasteiger partial charge in [0.15, 0.2) is 5.84 Å². The lowest BCUT2D eigenvalue weighted by Gasteiger charge is -2.32. The number of fused-ring (bicyclic) bond motifs is 1. The molecule has 1 fully saturated rings. The molecule has 2 aromatic rings. The number of amidine groups is 1. The number of likely N-dealkylation sites (N-methyl/N-ethyl adjacent to an activating group) is 1.